The van der Waals surface area contributed by atoms with Crippen molar-refractivity contribution in [3.8, 4) is 0 Å². The standard InChI is InChI=1S/C10H11NO5/c1-5(12)6-4-7(6)10(15)16-11-8(13)2-3-9(11)14/h6-7H,2-4H2,1H3/t6-,7+/m0/s1. The number of hydroxylamine groups is 2. The Bertz CT molecular complexity index is 373. The zero-order valence-corrected chi connectivity index (χ0v) is 8.76. The summed E-state index contributed by atoms with van der Waals surface area (Å²) >= 11 is 0. The van der Waals surface area contributed by atoms with Crippen LogP contribution in [0.25, 0.3) is 0 Å². The summed E-state index contributed by atoms with van der Waals surface area (Å²) in [7, 11) is 0. The molecule has 16 heavy (non-hydrogen) atoms. The zero-order chi connectivity index (χ0) is 11.9. The number of carbonyl (C=O) groups excluding carboxylic acids is 4. The molecule has 2 atom stereocenters. The van der Waals surface area contributed by atoms with Crippen LogP contribution in [0.15, 0.2) is 0 Å². The molecule has 0 aromatic carbocycles. The Labute approximate surface area is 91.5 Å². The number of amides is 2. The summed E-state index contributed by atoms with van der Waals surface area (Å²) in [5, 5.41) is 0.512. The summed E-state index contributed by atoms with van der Waals surface area (Å²) in [6.45, 7) is 1.41. The molecule has 2 rings (SSSR count). The highest BCUT2D eigenvalue weighted by Crippen LogP contribution is 2.40. The van der Waals surface area contributed by atoms with Crippen molar-refractivity contribution in [1.29, 1.82) is 0 Å². The Morgan fingerprint density at radius 3 is 2.19 bits per heavy atom. The first-order valence-corrected chi connectivity index (χ1v) is 5.08. The van der Waals surface area contributed by atoms with E-state index in [1.165, 1.54) is 6.92 Å². The van der Waals surface area contributed by atoms with Crippen molar-refractivity contribution in [1.82, 2.24) is 5.06 Å². The summed E-state index contributed by atoms with van der Waals surface area (Å²) in [6.07, 6.45) is 0.601. The van der Waals surface area contributed by atoms with Gasteiger partial charge in [-0.25, -0.2) is 4.79 Å². The third-order valence-corrected chi connectivity index (χ3v) is 2.80. The molecule has 2 amide bonds. The van der Waals surface area contributed by atoms with Crippen LogP contribution in [-0.4, -0.2) is 28.6 Å². The average Bonchev–Trinajstić information content (AvgIpc) is 2.96. The van der Waals surface area contributed by atoms with Crippen LogP contribution in [0.5, 0.6) is 0 Å². The lowest BCUT2D eigenvalue weighted by Gasteiger charge is -2.12. The van der Waals surface area contributed by atoms with Gasteiger partial charge in [-0.3, -0.25) is 14.4 Å². The van der Waals surface area contributed by atoms with Crippen LogP contribution in [0.3, 0.4) is 0 Å². The van der Waals surface area contributed by atoms with Gasteiger partial charge in [0.25, 0.3) is 11.8 Å². The lowest BCUT2D eigenvalue weighted by Crippen LogP contribution is -2.33. The first-order valence-electron chi connectivity index (χ1n) is 5.08. The first-order chi connectivity index (χ1) is 7.50. The molecule has 2 aliphatic rings. The number of Topliss-reactive ketones (excluding diaryl/α,β-unsaturated/α-hetero) is 1. The molecule has 86 valence electrons. The van der Waals surface area contributed by atoms with Crippen LogP contribution < -0.4 is 0 Å². The average molecular weight is 225 g/mol. The van der Waals surface area contributed by atoms with Crippen LogP contribution in [0.1, 0.15) is 26.2 Å². The number of nitrogens with zero attached hydrogens (tertiary/aromatic N) is 1. The molecule has 1 saturated heterocycles. The van der Waals surface area contributed by atoms with Crippen LogP contribution >= 0.6 is 0 Å². The third-order valence-electron chi connectivity index (χ3n) is 2.80. The van der Waals surface area contributed by atoms with E-state index in [1.807, 2.05) is 0 Å². The maximum Gasteiger partial charge on any atom is 0.336 e. The second-order valence-electron chi connectivity index (χ2n) is 4.05. The highest BCUT2D eigenvalue weighted by Gasteiger charge is 2.49. The Kier molecular flexibility index (Phi) is 2.49. The molecule has 1 heterocycles. The van der Waals surface area contributed by atoms with Gasteiger partial charge in [0.2, 0.25) is 0 Å². The van der Waals surface area contributed by atoms with Crippen molar-refractivity contribution in [2.24, 2.45) is 11.8 Å². The molecule has 6 nitrogen and oxygen atoms in total. The maximum atomic E-state index is 11.4. The van der Waals surface area contributed by atoms with Crippen molar-refractivity contribution >= 4 is 23.6 Å². The summed E-state index contributed by atoms with van der Waals surface area (Å²) in [5.74, 6) is -2.53. The minimum Gasteiger partial charge on any atom is -0.330 e. The molecule has 0 N–H and O–H groups in total. The zero-order valence-electron chi connectivity index (χ0n) is 8.76. The molecule has 1 aliphatic heterocycles. The Balaban J connectivity index is 1.91. The predicted molar refractivity (Wildman–Crippen MR) is 49.5 cm³/mol. The van der Waals surface area contributed by atoms with Gasteiger partial charge in [-0.1, -0.05) is 0 Å². The van der Waals surface area contributed by atoms with E-state index in [-0.39, 0.29) is 24.5 Å². The van der Waals surface area contributed by atoms with Gasteiger partial charge >= 0.3 is 5.97 Å². The second-order valence-corrected chi connectivity index (χ2v) is 4.05. The summed E-state index contributed by atoms with van der Waals surface area (Å²) < 4.78 is 0. The van der Waals surface area contributed by atoms with E-state index in [1.54, 1.807) is 0 Å². The number of rotatable bonds is 3. The minimum absolute atomic E-state index is 0.0685. The minimum atomic E-state index is -0.663. The van der Waals surface area contributed by atoms with Crippen molar-refractivity contribution in [3.63, 3.8) is 0 Å². The van der Waals surface area contributed by atoms with Gasteiger partial charge in [0.05, 0.1) is 5.92 Å². The molecular formula is C10H11NO5. The normalized spacial score (nSPS) is 28.2. The lowest BCUT2D eigenvalue weighted by atomic mass is 10.2. The monoisotopic (exact) mass is 225 g/mol. The van der Waals surface area contributed by atoms with Crippen LogP contribution in [0.4, 0.5) is 0 Å². The molecule has 0 bridgehead atoms. The number of hydrogen-bond acceptors (Lipinski definition) is 5. The van der Waals surface area contributed by atoms with Gasteiger partial charge in [0.1, 0.15) is 5.78 Å². The quantitative estimate of drug-likeness (QED) is 0.622. The summed E-state index contributed by atoms with van der Waals surface area (Å²) in [5.41, 5.74) is 0. The van der Waals surface area contributed by atoms with Crippen LogP contribution in [0, 0.1) is 11.8 Å². The number of ketones is 1. The molecule has 0 radical (unpaired) electrons. The van der Waals surface area contributed by atoms with Gasteiger partial charge in [-0.2, -0.15) is 0 Å². The van der Waals surface area contributed by atoms with Gasteiger partial charge in [-0.15, -0.1) is 5.06 Å². The van der Waals surface area contributed by atoms with Crippen LogP contribution in [0.2, 0.25) is 0 Å². The number of carbonyl (C=O) groups is 4. The van der Waals surface area contributed by atoms with E-state index in [2.05, 4.69) is 4.84 Å². The highest BCUT2D eigenvalue weighted by atomic mass is 16.7. The highest BCUT2D eigenvalue weighted by molar-refractivity contribution is 6.02. The van der Waals surface area contributed by atoms with E-state index in [0.717, 1.165) is 0 Å². The fourth-order valence-corrected chi connectivity index (χ4v) is 1.72. The smallest absolute Gasteiger partial charge is 0.330 e. The van der Waals surface area contributed by atoms with Crippen molar-refractivity contribution < 1.29 is 24.0 Å². The first kappa shape index (κ1) is 10.8. The van der Waals surface area contributed by atoms with Crippen molar-refractivity contribution in [3.05, 3.63) is 0 Å². The predicted octanol–water partition coefficient (Wildman–Crippen LogP) is -0.181. The Morgan fingerprint density at radius 2 is 1.75 bits per heavy atom. The molecule has 0 spiro atoms. The molecule has 0 aromatic heterocycles. The largest absolute Gasteiger partial charge is 0.336 e. The topological polar surface area (TPSA) is 80.8 Å². The molecule has 1 saturated carbocycles. The third kappa shape index (κ3) is 1.82. The lowest BCUT2D eigenvalue weighted by molar-refractivity contribution is -0.198. The van der Waals surface area contributed by atoms with E-state index in [0.29, 0.717) is 11.5 Å². The fourth-order valence-electron chi connectivity index (χ4n) is 1.72. The van der Waals surface area contributed by atoms with Gasteiger partial charge in [-0.05, 0) is 13.3 Å². The second kappa shape index (κ2) is 3.70. The number of imide groups is 1. The number of hydrogen-bond donors (Lipinski definition) is 0. The maximum absolute atomic E-state index is 11.4. The van der Waals surface area contributed by atoms with Crippen molar-refractivity contribution in [2.75, 3.05) is 0 Å². The van der Waals surface area contributed by atoms with E-state index >= 15 is 0 Å². The van der Waals surface area contributed by atoms with Crippen LogP contribution in [-0.2, 0) is 24.0 Å². The Hall–Kier alpha value is -1.72. The molecular weight excluding hydrogens is 214 g/mol. The van der Waals surface area contributed by atoms with E-state index < -0.39 is 23.7 Å². The van der Waals surface area contributed by atoms with E-state index in [4.69, 9.17) is 0 Å². The molecule has 2 fully saturated rings. The van der Waals surface area contributed by atoms with Gasteiger partial charge in [0, 0.05) is 18.8 Å². The Morgan fingerprint density at radius 1 is 1.19 bits per heavy atom. The van der Waals surface area contributed by atoms with Crippen molar-refractivity contribution in [2.45, 2.75) is 26.2 Å². The fraction of sp³-hybridized carbons (Fsp3) is 0.600. The SMILES string of the molecule is CC(=O)[C@@H]1C[C@H]1C(=O)ON1C(=O)CCC1=O. The summed E-state index contributed by atoms with van der Waals surface area (Å²) in [6, 6.07) is 0. The molecule has 6 heteroatoms. The molecule has 0 aromatic rings. The molecule has 1 aliphatic carbocycles. The van der Waals surface area contributed by atoms with Gasteiger partial charge in [0.15, 0.2) is 0 Å². The van der Waals surface area contributed by atoms with E-state index in [9.17, 15) is 19.2 Å². The van der Waals surface area contributed by atoms with Gasteiger partial charge < -0.3 is 4.84 Å². The summed E-state index contributed by atoms with van der Waals surface area (Å²) in [4.78, 5) is 49.3. The molecule has 0 unspecified atom stereocenters.